The van der Waals surface area contributed by atoms with Crippen LogP contribution in [0, 0.1) is 17.2 Å². The summed E-state index contributed by atoms with van der Waals surface area (Å²) in [7, 11) is 3.04. The maximum Gasteiger partial charge on any atom is 0.282 e. The van der Waals surface area contributed by atoms with E-state index < -0.39 is 11.8 Å². The zero-order valence-corrected chi connectivity index (χ0v) is 18.6. The van der Waals surface area contributed by atoms with Gasteiger partial charge in [-0.1, -0.05) is 6.07 Å². The number of aliphatic hydroxyl groups is 1. The number of anilines is 1. The van der Waals surface area contributed by atoms with Gasteiger partial charge in [0, 0.05) is 19.7 Å². The maximum atomic E-state index is 13.7. The summed E-state index contributed by atoms with van der Waals surface area (Å²) >= 11 is 0. The highest BCUT2D eigenvalue weighted by Gasteiger charge is 2.43. The number of benzene rings is 2. The van der Waals surface area contributed by atoms with E-state index in [1.165, 1.54) is 14.2 Å². The number of aliphatic hydroxyl groups excluding tert-OH is 1. The van der Waals surface area contributed by atoms with Gasteiger partial charge < -0.3 is 19.5 Å². The fraction of sp³-hybridized carbons (Fsp3) is 0.320. The van der Waals surface area contributed by atoms with Gasteiger partial charge in [-0.3, -0.25) is 9.59 Å². The summed E-state index contributed by atoms with van der Waals surface area (Å²) in [6, 6.07) is 13.5. The molecule has 0 aromatic heterocycles. The number of piperidine rings is 1. The molecule has 1 saturated heterocycles. The number of hydrogen-bond acceptors (Lipinski definition) is 7. The Kier molecular flexibility index (Phi) is 6.33. The Balaban J connectivity index is 1.83. The Morgan fingerprint density at radius 3 is 2.42 bits per heavy atom. The number of carbonyl (C=O) groups is 2. The fourth-order valence-corrected chi connectivity index (χ4v) is 4.40. The zero-order valence-electron chi connectivity index (χ0n) is 18.6. The highest BCUT2D eigenvalue weighted by molar-refractivity contribution is 6.45. The van der Waals surface area contributed by atoms with Crippen LogP contribution in [0.1, 0.15) is 24.0 Å². The molecule has 4 rings (SSSR count). The summed E-state index contributed by atoms with van der Waals surface area (Å²) in [6.07, 6.45) is 1.68. The van der Waals surface area contributed by atoms with Crippen molar-refractivity contribution in [3.63, 3.8) is 0 Å². The van der Waals surface area contributed by atoms with E-state index in [2.05, 4.69) is 0 Å². The molecule has 2 heterocycles. The van der Waals surface area contributed by atoms with Crippen LogP contribution in [0.25, 0.3) is 5.57 Å². The monoisotopic (exact) mass is 447 g/mol. The number of likely N-dealkylation sites (tertiary alicyclic amines) is 1. The van der Waals surface area contributed by atoms with Crippen molar-refractivity contribution in [1.82, 2.24) is 4.90 Å². The van der Waals surface area contributed by atoms with E-state index in [1.807, 2.05) is 11.0 Å². The average molecular weight is 447 g/mol. The van der Waals surface area contributed by atoms with Crippen molar-refractivity contribution in [2.24, 2.45) is 5.92 Å². The van der Waals surface area contributed by atoms with E-state index in [0.717, 1.165) is 17.7 Å². The van der Waals surface area contributed by atoms with Crippen molar-refractivity contribution in [2.75, 3.05) is 38.8 Å². The van der Waals surface area contributed by atoms with Gasteiger partial charge in [0.15, 0.2) is 11.5 Å². The molecule has 2 amide bonds. The molecule has 2 aromatic carbocycles. The lowest BCUT2D eigenvalue weighted by molar-refractivity contribution is -0.120. The first-order chi connectivity index (χ1) is 16.0. The van der Waals surface area contributed by atoms with E-state index in [4.69, 9.17) is 14.7 Å². The first kappa shape index (κ1) is 22.4. The van der Waals surface area contributed by atoms with Gasteiger partial charge in [-0.05, 0) is 60.7 Å². The van der Waals surface area contributed by atoms with Crippen molar-refractivity contribution in [1.29, 1.82) is 5.26 Å². The largest absolute Gasteiger partial charge is 0.493 e. The standard InChI is InChI=1S/C25H25N3O5/c1-32-20-10-7-18(12-21(20)33-2)22-23(27-11-3-4-17(14-27)15-29)25(31)28(24(22)30)19-8-5-16(13-26)6-9-19/h5-10,12,17,29H,3-4,11,14-15H2,1-2H3. The Morgan fingerprint density at radius 1 is 1.06 bits per heavy atom. The molecule has 0 radical (unpaired) electrons. The van der Waals surface area contributed by atoms with Crippen LogP contribution in [0.3, 0.4) is 0 Å². The number of nitriles is 1. The number of amides is 2. The lowest BCUT2D eigenvalue weighted by Crippen LogP contribution is -2.40. The molecular weight excluding hydrogens is 422 g/mol. The first-order valence-corrected chi connectivity index (χ1v) is 10.7. The lowest BCUT2D eigenvalue weighted by atomic mass is 9.96. The smallest absolute Gasteiger partial charge is 0.282 e. The second kappa shape index (κ2) is 9.35. The van der Waals surface area contributed by atoms with Crippen LogP contribution in [0.15, 0.2) is 48.2 Å². The second-order valence-corrected chi connectivity index (χ2v) is 8.03. The van der Waals surface area contributed by atoms with E-state index in [0.29, 0.717) is 47.1 Å². The molecule has 33 heavy (non-hydrogen) atoms. The molecule has 0 saturated carbocycles. The number of hydrogen-bond donors (Lipinski definition) is 1. The van der Waals surface area contributed by atoms with E-state index >= 15 is 0 Å². The number of nitrogens with zero attached hydrogens (tertiary/aromatic N) is 3. The van der Waals surface area contributed by atoms with Crippen molar-refractivity contribution in [2.45, 2.75) is 12.8 Å². The number of rotatable bonds is 6. The second-order valence-electron chi connectivity index (χ2n) is 8.03. The average Bonchev–Trinajstić information content (AvgIpc) is 3.13. The Morgan fingerprint density at radius 2 is 1.79 bits per heavy atom. The number of methoxy groups -OCH3 is 2. The molecule has 1 atom stereocenters. The predicted molar refractivity (Wildman–Crippen MR) is 121 cm³/mol. The summed E-state index contributed by atoms with van der Waals surface area (Å²) < 4.78 is 10.7. The minimum absolute atomic E-state index is 0.0247. The summed E-state index contributed by atoms with van der Waals surface area (Å²) in [5.41, 5.74) is 1.97. The SMILES string of the molecule is COc1ccc(C2=C(N3CCCC(CO)C3)C(=O)N(c3ccc(C#N)cc3)C2=O)cc1OC. The van der Waals surface area contributed by atoms with Crippen molar-refractivity contribution in [3.05, 3.63) is 59.3 Å². The summed E-state index contributed by atoms with van der Waals surface area (Å²) in [4.78, 5) is 30.4. The molecule has 2 aromatic rings. The highest BCUT2D eigenvalue weighted by Crippen LogP contribution is 2.39. The molecule has 0 bridgehead atoms. The summed E-state index contributed by atoms with van der Waals surface area (Å²) in [5.74, 6) is 0.129. The molecule has 170 valence electrons. The van der Waals surface area contributed by atoms with Gasteiger partial charge in [0.2, 0.25) is 0 Å². The third kappa shape index (κ3) is 4.03. The third-order valence-corrected chi connectivity index (χ3v) is 6.08. The molecule has 0 aliphatic carbocycles. The third-order valence-electron chi connectivity index (χ3n) is 6.08. The number of ether oxygens (including phenoxy) is 2. The van der Waals surface area contributed by atoms with E-state index in [1.54, 1.807) is 42.5 Å². The summed E-state index contributed by atoms with van der Waals surface area (Å²) in [6.45, 7) is 1.13. The normalized spacial score (nSPS) is 18.5. The molecule has 2 aliphatic rings. The van der Waals surface area contributed by atoms with E-state index in [9.17, 15) is 14.7 Å². The van der Waals surface area contributed by atoms with E-state index in [-0.39, 0.29) is 18.1 Å². The fourth-order valence-electron chi connectivity index (χ4n) is 4.40. The van der Waals surface area contributed by atoms with Gasteiger partial charge in [-0.2, -0.15) is 5.26 Å². The maximum absolute atomic E-state index is 13.7. The molecule has 8 nitrogen and oxygen atoms in total. The lowest BCUT2D eigenvalue weighted by Gasteiger charge is -2.34. The van der Waals surface area contributed by atoms with Crippen LogP contribution >= 0.6 is 0 Å². The molecule has 1 fully saturated rings. The molecule has 1 N–H and O–H groups in total. The van der Waals surface area contributed by atoms with Gasteiger partial charge in [-0.15, -0.1) is 0 Å². The van der Waals surface area contributed by atoms with Crippen LogP contribution in [0.5, 0.6) is 11.5 Å². The Labute approximate surface area is 192 Å². The molecule has 1 unspecified atom stereocenters. The molecule has 2 aliphatic heterocycles. The van der Waals surface area contributed by atoms with Crippen molar-refractivity contribution >= 4 is 23.1 Å². The topological polar surface area (TPSA) is 103 Å². The van der Waals surface area contributed by atoms with Crippen LogP contribution < -0.4 is 14.4 Å². The minimum Gasteiger partial charge on any atom is -0.493 e. The van der Waals surface area contributed by atoms with Crippen LogP contribution in [-0.2, 0) is 9.59 Å². The van der Waals surface area contributed by atoms with Gasteiger partial charge in [0.05, 0.1) is 37.1 Å². The van der Waals surface area contributed by atoms with Gasteiger partial charge in [0.1, 0.15) is 5.70 Å². The number of imide groups is 1. The Hall–Kier alpha value is -3.83. The quantitative estimate of drug-likeness (QED) is 0.679. The van der Waals surface area contributed by atoms with Crippen molar-refractivity contribution < 1.29 is 24.2 Å². The first-order valence-electron chi connectivity index (χ1n) is 10.7. The van der Waals surface area contributed by atoms with Gasteiger partial charge in [-0.25, -0.2) is 4.90 Å². The zero-order chi connectivity index (χ0) is 23.5. The summed E-state index contributed by atoms with van der Waals surface area (Å²) in [5, 5.41) is 18.8. The Bertz CT molecular complexity index is 1150. The molecule has 0 spiro atoms. The van der Waals surface area contributed by atoms with Crippen LogP contribution in [0.2, 0.25) is 0 Å². The van der Waals surface area contributed by atoms with Gasteiger partial charge in [0.25, 0.3) is 11.8 Å². The van der Waals surface area contributed by atoms with Crippen LogP contribution in [-0.4, -0.2) is 55.7 Å². The predicted octanol–water partition coefficient (Wildman–Crippen LogP) is 2.56. The van der Waals surface area contributed by atoms with Crippen molar-refractivity contribution in [3.8, 4) is 17.6 Å². The molecular formula is C25H25N3O5. The number of carbonyl (C=O) groups excluding carboxylic acids is 2. The highest BCUT2D eigenvalue weighted by atomic mass is 16.5. The molecule has 8 heteroatoms. The minimum atomic E-state index is -0.446. The van der Waals surface area contributed by atoms with Crippen LogP contribution in [0.4, 0.5) is 5.69 Å². The van der Waals surface area contributed by atoms with Gasteiger partial charge >= 0.3 is 0 Å².